The molecule has 3 heteroatoms. The Morgan fingerprint density at radius 3 is 2.38 bits per heavy atom. The van der Waals surface area contributed by atoms with E-state index in [1.165, 1.54) is 12.1 Å². The van der Waals surface area contributed by atoms with Gasteiger partial charge in [0.25, 0.3) is 0 Å². The SMILES string of the molecule is CN(Cc1cc(N)cc(F)c1)CC(C)(C)C. The van der Waals surface area contributed by atoms with Crippen LogP contribution in [0.25, 0.3) is 0 Å². The minimum absolute atomic E-state index is 0.244. The van der Waals surface area contributed by atoms with Crippen LogP contribution in [-0.2, 0) is 6.54 Å². The number of nitrogens with two attached hydrogens (primary N) is 1. The van der Waals surface area contributed by atoms with E-state index in [9.17, 15) is 4.39 Å². The van der Waals surface area contributed by atoms with E-state index in [2.05, 4.69) is 25.7 Å². The average Bonchev–Trinajstić information content (AvgIpc) is 1.96. The Balaban J connectivity index is 2.66. The Bertz CT molecular complexity index is 335. The zero-order valence-electron chi connectivity index (χ0n) is 10.5. The van der Waals surface area contributed by atoms with Crippen molar-refractivity contribution in [3.05, 3.63) is 29.6 Å². The maximum atomic E-state index is 13.1. The molecule has 0 spiro atoms. The van der Waals surface area contributed by atoms with Gasteiger partial charge in [0.1, 0.15) is 5.82 Å². The molecule has 0 aliphatic carbocycles. The molecular weight excluding hydrogens is 203 g/mol. The first-order chi connectivity index (χ1) is 7.26. The number of anilines is 1. The molecule has 0 fully saturated rings. The summed E-state index contributed by atoms with van der Waals surface area (Å²) in [5.74, 6) is -0.265. The molecule has 0 unspecified atom stereocenters. The summed E-state index contributed by atoms with van der Waals surface area (Å²) in [7, 11) is 2.03. The van der Waals surface area contributed by atoms with Gasteiger partial charge in [0.05, 0.1) is 0 Å². The number of hydrogen-bond acceptors (Lipinski definition) is 2. The largest absolute Gasteiger partial charge is 0.399 e. The summed E-state index contributed by atoms with van der Waals surface area (Å²) in [5.41, 5.74) is 7.25. The fourth-order valence-corrected chi connectivity index (χ4v) is 1.94. The van der Waals surface area contributed by atoms with Crippen LogP contribution in [-0.4, -0.2) is 18.5 Å². The van der Waals surface area contributed by atoms with E-state index < -0.39 is 0 Å². The second-order valence-corrected chi connectivity index (χ2v) is 5.63. The number of nitrogen functional groups attached to an aromatic ring is 1. The van der Waals surface area contributed by atoms with Crippen LogP contribution in [0.3, 0.4) is 0 Å². The maximum Gasteiger partial charge on any atom is 0.125 e. The molecule has 1 aromatic rings. The van der Waals surface area contributed by atoms with Crippen molar-refractivity contribution in [1.29, 1.82) is 0 Å². The lowest BCUT2D eigenvalue weighted by atomic mass is 9.96. The molecule has 2 N–H and O–H groups in total. The second-order valence-electron chi connectivity index (χ2n) is 5.63. The van der Waals surface area contributed by atoms with Crippen LogP contribution < -0.4 is 5.73 Å². The normalized spacial score (nSPS) is 12.1. The van der Waals surface area contributed by atoms with Crippen molar-refractivity contribution in [1.82, 2.24) is 4.90 Å². The Hall–Kier alpha value is -1.09. The van der Waals surface area contributed by atoms with Crippen LogP contribution in [0.1, 0.15) is 26.3 Å². The van der Waals surface area contributed by atoms with Gasteiger partial charge in [-0.3, -0.25) is 0 Å². The van der Waals surface area contributed by atoms with Gasteiger partial charge < -0.3 is 10.6 Å². The third-order valence-corrected chi connectivity index (χ3v) is 2.18. The topological polar surface area (TPSA) is 29.3 Å². The van der Waals surface area contributed by atoms with Crippen LogP contribution in [0.2, 0.25) is 0 Å². The van der Waals surface area contributed by atoms with Crippen molar-refractivity contribution >= 4 is 5.69 Å². The summed E-state index contributed by atoms with van der Waals surface area (Å²) in [6.07, 6.45) is 0. The van der Waals surface area contributed by atoms with Gasteiger partial charge in [-0.1, -0.05) is 20.8 Å². The molecule has 0 aromatic heterocycles. The monoisotopic (exact) mass is 224 g/mol. The van der Waals surface area contributed by atoms with Gasteiger partial charge in [0.15, 0.2) is 0 Å². The highest BCUT2D eigenvalue weighted by Crippen LogP contribution is 2.17. The van der Waals surface area contributed by atoms with Crippen LogP contribution in [0.4, 0.5) is 10.1 Å². The molecule has 1 rings (SSSR count). The van der Waals surface area contributed by atoms with Crippen molar-refractivity contribution in [3.8, 4) is 0 Å². The lowest BCUT2D eigenvalue weighted by molar-refractivity contribution is 0.220. The van der Waals surface area contributed by atoms with Gasteiger partial charge in [-0.25, -0.2) is 4.39 Å². The standard InChI is InChI=1S/C13H21FN2/c1-13(2,3)9-16(4)8-10-5-11(14)7-12(15)6-10/h5-7H,8-9,15H2,1-4H3. The summed E-state index contributed by atoms with van der Waals surface area (Å²) < 4.78 is 13.1. The Labute approximate surface area is 97.3 Å². The van der Waals surface area contributed by atoms with Gasteiger partial charge in [0, 0.05) is 18.8 Å². The summed E-state index contributed by atoms with van der Waals surface area (Å²) in [6.45, 7) is 8.24. The van der Waals surface area contributed by atoms with Crippen LogP contribution in [0.15, 0.2) is 18.2 Å². The molecule has 0 atom stereocenters. The summed E-state index contributed by atoms with van der Waals surface area (Å²) in [4.78, 5) is 2.17. The first kappa shape index (κ1) is 13.0. The van der Waals surface area contributed by atoms with Crippen molar-refractivity contribution in [2.45, 2.75) is 27.3 Å². The summed E-state index contributed by atoms with van der Waals surface area (Å²) >= 11 is 0. The minimum atomic E-state index is -0.265. The quantitative estimate of drug-likeness (QED) is 0.800. The van der Waals surface area contributed by atoms with Gasteiger partial charge in [-0.2, -0.15) is 0 Å². The summed E-state index contributed by atoms with van der Waals surface area (Å²) in [6, 6.07) is 4.70. The van der Waals surface area contributed by atoms with Gasteiger partial charge in [0.2, 0.25) is 0 Å². The predicted molar refractivity (Wildman–Crippen MR) is 66.6 cm³/mol. The molecule has 0 saturated carbocycles. The lowest BCUT2D eigenvalue weighted by Gasteiger charge is -2.26. The van der Waals surface area contributed by atoms with E-state index in [0.29, 0.717) is 5.69 Å². The first-order valence-electron chi connectivity index (χ1n) is 5.50. The molecule has 16 heavy (non-hydrogen) atoms. The second kappa shape index (κ2) is 4.83. The molecular formula is C13H21FN2. The molecule has 0 saturated heterocycles. The van der Waals surface area contributed by atoms with Crippen molar-refractivity contribution in [2.24, 2.45) is 5.41 Å². The fourth-order valence-electron chi connectivity index (χ4n) is 1.94. The predicted octanol–water partition coefficient (Wildman–Crippen LogP) is 2.89. The van der Waals surface area contributed by atoms with Crippen LogP contribution in [0.5, 0.6) is 0 Å². The number of rotatable bonds is 3. The Morgan fingerprint density at radius 1 is 1.25 bits per heavy atom. The van der Waals surface area contributed by atoms with Gasteiger partial charge in [-0.05, 0) is 36.2 Å². The molecule has 2 nitrogen and oxygen atoms in total. The maximum absolute atomic E-state index is 13.1. The average molecular weight is 224 g/mol. The molecule has 0 radical (unpaired) electrons. The third kappa shape index (κ3) is 4.62. The number of benzene rings is 1. The van der Waals surface area contributed by atoms with Gasteiger partial charge >= 0.3 is 0 Å². The smallest absolute Gasteiger partial charge is 0.125 e. The zero-order valence-corrected chi connectivity index (χ0v) is 10.5. The molecule has 0 bridgehead atoms. The van der Waals surface area contributed by atoms with Crippen molar-refractivity contribution in [2.75, 3.05) is 19.3 Å². The van der Waals surface area contributed by atoms with Crippen LogP contribution >= 0.6 is 0 Å². The van der Waals surface area contributed by atoms with E-state index in [4.69, 9.17) is 5.73 Å². The Morgan fingerprint density at radius 2 is 1.88 bits per heavy atom. The minimum Gasteiger partial charge on any atom is -0.399 e. The summed E-state index contributed by atoms with van der Waals surface area (Å²) in [5, 5.41) is 0. The molecule has 1 aromatic carbocycles. The van der Waals surface area contributed by atoms with Crippen molar-refractivity contribution < 1.29 is 4.39 Å². The Kier molecular flexibility index (Phi) is 3.92. The molecule has 0 amide bonds. The lowest BCUT2D eigenvalue weighted by Crippen LogP contribution is -2.28. The molecule has 0 aliphatic heterocycles. The highest BCUT2D eigenvalue weighted by Gasteiger charge is 2.13. The zero-order chi connectivity index (χ0) is 12.3. The molecule has 0 aliphatic rings. The number of hydrogen-bond donors (Lipinski definition) is 1. The van der Waals surface area contributed by atoms with E-state index >= 15 is 0 Å². The highest BCUT2D eigenvalue weighted by molar-refractivity contribution is 5.41. The van der Waals surface area contributed by atoms with E-state index in [0.717, 1.165) is 18.7 Å². The third-order valence-electron chi connectivity index (χ3n) is 2.18. The van der Waals surface area contributed by atoms with E-state index in [1.807, 2.05) is 13.1 Å². The number of nitrogens with zero attached hydrogens (tertiary/aromatic N) is 1. The molecule has 0 heterocycles. The molecule has 90 valence electrons. The first-order valence-corrected chi connectivity index (χ1v) is 5.50. The number of halogens is 1. The van der Waals surface area contributed by atoms with Gasteiger partial charge in [-0.15, -0.1) is 0 Å². The van der Waals surface area contributed by atoms with E-state index in [-0.39, 0.29) is 11.2 Å². The van der Waals surface area contributed by atoms with E-state index in [1.54, 1.807) is 0 Å². The van der Waals surface area contributed by atoms with Crippen molar-refractivity contribution in [3.63, 3.8) is 0 Å². The fraction of sp³-hybridized carbons (Fsp3) is 0.538. The van der Waals surface area contributed by atoms with Crippen LogP contribution in [0, 0.1) is 11.2 Å². The highest BCUT2D eigenvalue weighted by atomic mass is 19.1.